The smallest absolute Gasteiger partial charge is 0.251 e. The maximum atomic E-state index is 12.6. The maximum absolute atomic E-state index is 12.6. The molecule has 136 valence electrons. The van der Waals surface area contributed by atoms with Crippen molar-refractivity contribution >= 4 is 16.8 Å². The van der Waals surface area contributed by atoms with E-state index in [-0.39, 0.29) is 5.91 Å². The van der Waals surface area contributed by atoms with Crippen molar-refractivity contribution in [3.05, 3.63) is 42.1 Å². The molecule has 3 N–H and O–H groups in total. The summed E-state index contributed by atoms with van der Waals surface area (Å²) in [6.07, 6.45) is 2.72. The van der Waals surface area contributed by atoms with Crippen molar-refractivity contribution in [3.63, 3.8) is 0 Å². The average molecular weight is 353 g/mol. The lowest BCUT2D eigenvalue weighted by Gasteiger charge is -2.26. The average Bonchev–Trinajstić information content (AvgIpc) is 3.34. The van der Waals surface area contributed by atoms with E-state index in [0.29, 0.717) is 12.1 Å². The summed E-state index contributed by atoms with van der Waals surface area (Å²) in [6.45, 7) is 5.23. The number of amides is 1. The molecule has 0 atom stereocenters. The fourth-order valence-electron chi connectivity index (χ4n) is 3.33. The van der Waals surface area contributed by atoms with E-state index in [1.807, 2.05) is 30.3 Å². The molecule has 3 aromatic rings. The zero-order chi connectivity index (χ0) is 17.8. The SMILES string of the molecule is O=C(NCCCN1CCOCC1)c1cccc2[nH]c(-c3cc[nH]n3)cc12. The fraction of sp³-hybridized carbons (Fsp3) is 0.368. The highest BCUT2D eigenvalue weighted by atomic mass is 16.5. The molecule has 1 aromatic carbocycles. The van der Waals surface area contributed by atoms with E-state index in [2.05, 4.69) is 25.4 Å². The normalized spacial score (nSPS) is 15.4. The second-order valence-electron chi connectivity index (χ2n) is 6.47. The van der Waals surface area contributed by atoms with Crippen LogP contribution in [0, 0.1) is 0 Å². The van der Waals surface area contributed by atoms with Crippen molar-refractivity contribution in [2.75, 3.05) is 39.4 Å². The van der Waals surface area contributed by atoms with Gasteiger partial charge in [0, 0.05) is 42.3 Å². The van der Waals surface area contributed by atoms with Crippen molar-refractivity contribution < 1.29 is 9.53 Å². The third kappa shape index (κ3) is 3.63. The number of morpholine rings is 1. The molecule has 2 aromatic heterocycles. The van der Waals surface area contributed by atoms with E-state index in [0.717, 1.165) is 61.6 Å². The first-order valence-corrected chi connectivity index (χ1v) is 9.01. The van der Waals surface area contributed by atoms with Gasteiger partial charge in [0.2, 0.25) is 0 Å². The molecule has 7 heteroatoms. The summed E-state index contributed by atoms with van der Waals surface area (Å²) in [4.78, 5) is 18.3. The van der Waals surface area contributed by atoms with Crippen molar-refractivity contribution in [1.29, 1.82) is 0 Å². The quantitative estimate of drug-likeness (QED) is 0.592. The zero-order valence-corrected chi connectivity index (χ0v) is 14.6. The van der Waals surface area contributed by atoms with Crippen LogP contribution in [0.1, 0.15) is 16.8 Å². The molecule has 0 spiro atoms. The van der Waals surface area contributed by atoms with E-state index in [4.69, 9.17) is 4.74 Å². The van der Waals surface area contributed by atoms with Gasteiger partial charge in [-0.2, -0.15) is 5.10 Å². The van der Waals surface area contributed by atoms with Crippen molar-refractivity contribution in [3.8, 4) is 11.4 Å². The summed E-state index contributed by atoms with van der Waals surface area (Å²) in [6, 6.07) is 9.61. The van der Waals surface area contributed by atoms with Gasteiger partial charge < -0.3 is 15.0 Å². The van der Waals surface area contributed by atoms with Crippen LogP contribution < -0.4 is 5.32 Å². The van der Waals surface area contributed by atoms with Crippen molar-refractivity contribution in [2.24, 2.45) is 0 Å². The van der Waals surface area contributed by atoms with Crippen molar-refractivity contribution in [1.82, 2.24) is 25.4 Å². The lowest BCUT2D eigenvalue weighted by molar-refractivity contribution is 0.0374. The molecule has 1 saturated heterocycles. The molecule has 0 unspecified atom stereocenters. The standard InChI is InChI=1S/C19H23N5O2/c25-19(20-6-2-8-24-9-11-26-12-10-24)14-3-1-4-16-15(14)13-18(22-16)17-5-7-21-23-17/h1,3-5,7,13,22H,2,6,8-12H2,(H,20,25)(H,21,23). The Morgan fingerprint density at radius 3 is 2.96 bits per heavy atom. The van der Waals surface area contributed by atoms with Gasteiger partial charge in [-0.1, -0.05) is 6.07 Å². The molecule has 0 saturated carbocycles. The Balaban J connectivity index is 1.40. The highest BCUT2D eigenvalue weighted by Crippen LogP contribution is 2.25. The van der Waals surface area contributed by atoms with E-state index in [1.165, 1.54) is 0 Å². The molecule has 0 bridgehead atoms. The molecule has 1 aliphatic heterocycles. The first-order valence-electron chi connectivity index (χ1n) is 9.01. The topological polar surface area (TPSA) is 86.0 Å². The van der Waals surface area contributed by atoms with Gasteiger partial charge in [0.15, 0.2) is 0 Å². The van der Waals surface area contributed by atoms with Gasteiger partial charge in [0.1, 0.15) is 5.69 Å². The number of carbonyl (C=O) groups is 1. The van der Waals surface area contributed by atoms with Crippen LogP contribution in [0.25, 0.3) is 22.3 Å². The van der Waals surface area contributed by atoms with Crippen LogP contribution in [-0.2, 0) is 4.74 Å². The molecule has 3 heterocycles. The van der Waals surface area contributed by atoms with E-state index >= 15 is 0 Å². The Bertz CT molecular complexity index is 865. The van der Waals surface area contributed by atoms with Gasteiger partial charge in [-0.15, -0.1) is 0 Å². The Labute approximate surface area is 151 Å². The zero-order valence-electron chi connectivity index (χ0n) is 14.6. The Kier molecular flexibility index (Phi) is 4.99. The van der Waals surface area contributed by atoms with Crippen LogP contribution in [-0.4, -0.2) is 65.4 Å². The number of nitrogens with one attached hydrogen (secondary N) is 3. The van der Waals surface area contributed by atoms with Crippen LogP contribution >= 0.6 is 0 Å². The summed E-state index contributed by atoms with van der Waals surface area (Å²) in [5.41, 5.74) is 3.35. The number of ether oxygens (including phenoxy) is 1. The third-order valence-corrected chi connectivity index (χ3v) is 4.73. The summed E-state index contributed by atoms with van der Waals surface area (Å²) in [7, 11) is 0. The number of fused-ring (bicyclic) bond motifs is 1. The monoisotopic (exact) mass is 353 g/mol. The number of hydrogen-bond donors (Lipinski definition) is 3. The second-order valence-corrected chi connectivity index (χ2v) is 6.47. The molecule has 1 aliphatic rings. The van der Waals surface area contributed by atoms with Gasteiger partial charge in [0.05, 0.1) is 18.9 Å². The Hall–Kier alpha value is -2.64. The predicted octanol–water partition coefficient (Wildman–Crippen LogP) is 2.01. The number of benzene rings is 1. The fourth-order valence-corrected chi connectivity index (χ4v) is 3.33. The minimum atomic E-state index is -0.0369. The molecular weight excluding hydrogens is 330 g/mol. The molecule has 1 fully saturated rings. The summed E-state index contributed by atoms with van der Waals surface area (Å²) < 4.78 is 5.35. The molecule has 26 heavy (non-hydrogen) atoms. The summed E-state index contributed by atoms with van der Waals surface area (Å²) in [5, 5.41) is 11.0. The third-order valence-electron chi connectivity index (χ3n) is 4.73. The first-order chi connectivity index (χ1) is 12.8. The van der Waals surface area contributed by atoms with Crippen molar-refractivity contribution in [2.45, 2.75) is 6.42 Å². The highest BCUT2D eigenvalue weighted by Gasteiger charge is 2.14. The number of aromatic nitrogens is 3. The molecule has 0 radical (unpaired) electrons. The molecule has 4 rings (SSSR count). The predicted molar refractivity (Wildman–Crippen MR) is 100 cm³/mol. The van der Waals surface area contributed by atoms with Gasteiger partial charge in [-0.3, -0.25) is 14.8 Å². The number of hydrogen-bond acceptors (Lipinski definition) is 4. The maximum Gasteiger partial charge on any atom is 0.251 e. The van der Waals surface area contributed by atoms with E-state index in [1.54, 1.807) is 6.20 Å². The van der Waals surface area contributed by atoms with Gasteiger partial charge in [-0.25, -0.2) is 0 Å². The summed E-state index contributed by atoms with van der Waals surface area (Å²) >= 11 is 0. The van der Waals surface area contributed by atoms with Crippen LogP contribution in [0.5, 0.6) is 0 Å². The number of H-pyrrole nitrogens is 2. The van der Waals surface area contributed by atoms with Gasteiger partial charge in [-0.05, 0) is 37.2 Å². The Morgan fingerprint density at radius 1 is 1.27 bits per heavy atom. The number of aromatic amines is 2. The molecule has 0 aliphatic carbocycles. The van der Waals surface area contributed by atoms with Gasteiger partial charge >= 0.3 is 0 Å². The highest BCUT2D eigenvalue weighted by molar-refractivity contribution is 6.07. The number of rotatable bonds is 6. The first kappa shape index (κ1) is 16.8. The van der Waals surface area contributed by atoms with Crippen LogP contribution in [0.3, 0.4) is 0 Å². The van der Waals surface area contributed by atoms with Crippen LogP contribution in [0.15, 0.2) is 36.5 Å². The largest absolute Gasteiger partial charge is 0.379 e. The summed E-state index contributed by atoms with van der Waals surface area (Å²) in [5.74, 6) is -0.0369. The number of nitrogens with zero attached hydrogens (tertiary/aromatic N) is 2. The van der Waals surface area contributed by atoms with Crippen LogP contribution in [0.4, 0.5) is 0 Å². The molecule has 7 nitrogen and oxygen atoms in total. The minimum absolute atomic E-state index is 0.0369. The minimum Gasteiger partial charge on any atom is -0.379 e. The molecular formula is C19H23N5O2. The number of carbonyl (C=O) groups excluding carboxylic acids is 1. The molecule has 1 amide bonds. The van der Waals surface area contributed by atoms with E-state index < -0.39 is 0 Å². The lowest BCUT2D eigenvalue weighted by atomic mass is 10.1. The Morgan fingerprint density at radius 2 is 2.15 bits per heavy atom. The van der Waals surface area contributed by atoms with Gasteiger partial charge in [0.25, 0.3) is 5.91 Å². The van der Waals surface area contributed by atoms with Crippen LogP contribution in [0.2, 0.25) is 0 Å². The lowest BCUT2D eigenvalue weighted by Crippen LogP contribution is -2.38. The second kappa shape index (κ2) is 7.72. The van der Waals surface area contributed by atoms with E-state index in [9.17, 15) is 4.79 Å².